The molecule has 0 unspecified atom stereocenters. The molecule has 1 N–H and O–H groups in total. The lowest BCUT2D eigenvalue weighted by Gasteiger charge is -2.32. The summed E-state index contributed by atoms with van der Waals surface area (Å²) in [5.74, 6) is 1.08. The number of aromatic nitrogens is 1. The highest BCUT2D eigenvalue weighted by Crippen LogP contribution is 2.19. The Kier molecular flexibility index (Phi) is 4.81. The SMILES string of the molecule is CCS(=O)(=O)NC1CCN(c2ccc(Br)cn2)CC1. The first kappa shape index (κ1) is 14.7. The van der Waals surface area contributed by atoms with Gasteiger partial charge in [-0.05, 0) is 47.8 Å². The minimum Gasteiger partial charge on any atom is -0.357 e. The molecule has 1 aromatic rings. The molecule has 1 aliphatic rings. The summed E-state index contributed by atoms with van der Waals surface area (Å²) < 4.78 is 26.7. The number of pyridine rings is 1. The van der Waals surface area contributed by atoms with Crippen LogP contribution >= 0.6 is 15.9 Å². The van der Waals surface area contributed by atoms with Crippen LogP contribution < -0.4 is 9.62 Å². The Hall–Kier alpha value is -0.660. The van der Waals surface area contributed by atoms with Gasteiger partial charge in [-0.1, -0.05) is 0 Å². The van der Waals surface area contributed by atoms with E-state index in [-0.39, 0.29) is 11.8 Å². The second kappa shape index (κ2) is 6.19. The zero-order chi connectivity index (χ0) is 13.9. The van der Waals surface area contributed by atoms with Crippen molar-refractivity contribution < 1.29 is 8.42 Å². The summed E-state index contributed by atoms with van der Waals surface area (Å²) in [6, 6.07) is 3.99. The van der Waals surface area contributed by atoms with Gasteiger partial charge >= 0.3 is 0 Å². The third-order valence-corrected chi connectivity index (χ3v) is 5.18. The largest absolute Gasteiger partial charge is 0.357 e. The van der Waals surface area contributed by atoms with Gasteiger partial charge in [-0.25, -0.2) is 18.1 Å². The van der Waals surface area contributed by atoms with E-state index in [1.165, 1.54) is 0 Å². The van der Waals surface area contributed by atoms with Gasteiger partial charge in [0, 0.05) is 29.8 Å². The summed E-state index contributed by atoms with van der Waals surface area (Å²) >= 11 is 3.36. The van der Waals surface area contributed by atoms with E-state index in [4.69, 9.17) is 0 Å². The van der Waals surface area contributed by atoms with Crippen molar-refractivity contribution in [3.63, 3.8) is 0 Å². The van der Waals surface area contributed by atoms with E-state index < -0.39 is 10.0 Å². The zero-order valence-electron chi connectivity index (χ0n) is 10.8. The van der Waals surface area contributed by atoms with Gasteiger partial charge < -0.3 is 4.90 Å². The smallest absolute Gasteiger partial charge is 0.211 e. The molecule has 2 rings (SSSR count). The molecule has 0 saturated carbocycles. The second-order valence-corrected chi connectivity index (χ2v) is 7.58. The molecule has 0 bridgehead atoms. The lowest BCUT2D eigenvalue weighted by molar-refractivity contribution is 0.458. The number of nitrogens with zero attached hydrogens (tertiary/aromatic N) is 2. The number of halogens is 1. The van der Waals surface area contributed by atoms with E-state index >= 15 is 0 Å². The van der Waals surface area contributed by atoms with Gasteiger partial charge in [0.15, 0.2) is 0 Å². The van der Waals surface area contributed by atoms with Crippen LogP contribution in [0.5, 0.6) is 0 Å². The molecule has 106 valence electrons. The van der Waals surface area contributed by atoms with Gasteiger partial charge in [0.2, 0.25) is 10.0 Å². The van der Waals surface area contributed by atoms with Crippen LogP contribution in [0.1, 0.15) is 19.8 Å². The molecule has 0 spiro atoms. The fourth-order valence-corrected chi connectivity index (χ4v) is 3.26. The average molecular weight is 348 g/mol. The maximum absolute atomic E-state index is 11.5. The van der Waals surface area contributed by atoms with E-state index in [9.17, 15) is 8.42 Å². The molecule has 0 aromatic carbocycles. The number of piperidine rings is 1. The van der Waals surface area contributed by atoms with Gasteiger partial charge in [0.05, 0.1) is 5.75 Å². The van der Waals surface area contributed by atoms with Crippen molar-refractivity contribution in [1.29, 1.82) is 0 Å². The fourth-order valence-electron chi connectivity index (χ4n) is 2.12. The molecular formula is C12H18BrN3O2S. The maximum atomic E-state index is 11.5. The predicted molar refractivity (Wildman–Crippen MR) is 79.8 cm³/mol. The Bertz CT molecular complexity index is 510. The van der Waals surface area contributed by atoms with Crippen LogP contribution in [0, 0.1) is 0 Å². The van der Waals surface area contributed by atoms with Gasteiger partial charge in [-0.15, -0.1) is 0 Å². The van der Waals surface area contributed by atoms with Crippen LogP contribution in [-0.2, 0) is 10.0 Å². The van der Waals surface area contributed by atoms with Crippen molar-refractivity contribution in [3.05, 3.63) is 22.8 Å². The summed E-state index contributed by atoms with van der Waals surface area (Å²) in [6.45, 7) is 3.31. The molecule has 0 amide bonds. The quantitative estimate of drug-likeness (QED) is 0.901. The fraction of sp³-hybridized carbons (Fsp3) is 0.583. The molecule has 7 heteroatoms. The first-order valence-electron chi connectivity index (χ1n) is 6.36. The van der Waals surface area contributed by atoms with Crippen LogP contribution in [0.2, 0.25) is 0 Å². The summed E-state index contributed by atoms with van der Waals surface area (Å²) in [5, 5.41) is 0. The summed E-state index contributed by atoms with van der Waals surface area (Å²) in [6.07, 6.45) is 3.41. The number of hydrogen-bond donors (Lipinski definition) is 1. The third kappa shape index (κ3) is 4.15. The van der Waals surface area contributed by atoms with Crippen molar-refractivity contribution in [2.75, 3.05) is 23.7 Å². The van der Waals surface area contributed by atoms with Crippen molar-refractivity contribution in [3.8, 4) is 0 Å². The number of anilines is 1. The van der Waals surface area contributed by atoms with Crippen LogP contribution in [-0.4, -0.2) is 38.3 Å². The molecule has 0 atom stereocenters. The Morgan fingerprint density at radius 1 is 1.42 bits per heavy atom. The predicted octanol–water partition coefficient (Wildman–Crippen LogP) is 1.75. The summed E-state index contributed by atoms with van der Waals surface area (Å²) in [4.78, 5) is 6.54. The summed E-state index contributed by atoms with van der Waals surface area (Å²) in [7, 11) is -3.10. The van der Waals surface area contributed by atoms with Gasteiger partial charge in [0.25, 0.3) is 0 Å². The molecule has 2 heterocycles. The Morgan fingerprint density at radius 2 is 2.11 bits per heavy atom. The van der Waals surface area contributed by atoms with E-state index in [0.29, 0.717) is 0 Å². The Morgan fingerprint density at radius 3 is 2.63 bits per heavy atom. The first-order valence-corrected chi connectivity index (χ1v) is 8.81. The van der Waals surface area contributed by atoms with E-state index in [1.54, 1.807) is 13.1 Å². The van der Waals surface area contributed by atoms with Gasteiger partial charge in [-0.2, -0.15) is 0 Å². The molecule has 5 nitrogen and oxygen atoms in total. The lowest BCUT2D eigenvalue weighted by Crippen LogP contribution is -2.45. The van der Waals surface area contributed by atoms with Crippen LogP contribution in [0.3, 0.4) is 0 Å². The van der Waals surface area contributed by atoms with Crippen LogP contribution in [0.4, 0.5) is 5.82 Å². The molecule has 0 radical (unpaired) electrons. The van der Waals surface area contributed by atoms with E-state index in [2.05, 4.69) is 30.5 Å². The molecule has 1 aliphatic heterocycles. The monoisotopic (exact) mass is 347 g/mol. The van der Waals surface area contributed by atoms with Crippen molar-refractivity contribution >= 4 is 31.8 Å². The Balaban J connectivity index is 1.90. The van der Waals surface area contributed by atoms with E-state index in [1.807, 2.05) is 12.1 Å². The molecule has 19 heavy (non-hydrogen) atoms. The third-order valence-electron chi connectivity index (χ3n) is 3.26. The van der Waals surface area contributed by atoms with Crippen LogP contribution in [0.15, 0.2) is 22.8 Å². The summed E-state index contributed by atoms with van der Waals surface area (Å²) in [5.41, 5.74) is 0. The molecule has 1 saturated heterocycles. The van der Waals surface area contributed by atoms with Crippen LogP contribution in [0.25, 0.3) is 0 Å². The number of rotatable bonds is 4. The van der Waals surface area contributed by atoms with Gasteiger partial charge in [-0.3, -0.25) is 0 Å². The minimum atomic E-state index is -3.10. The molecular weight excluding hydrogens is 330 g/mol. The van der Waals surface area contributed by atoms with Gasteiger partial charge in [0.1, 0.15) is 5.82 Å². The number of nitrogens with one attached hydrogen (secondary N) is 1. The number of hydrogen-bond acceptors (Lipinski definition) is 4. The molecule has 1 aromatic heterocycles. The highest BCUT2D eigenvalue weighted by atomic mass is 79.9. The van der Waals surface area contributed by atoms with Crippen molar-refractivity contribution in [2.24, 2.45) is 0 Å². The normalized spacial score (nSPS) is 17.7. The van der Waals surface area contributed by atoms with E-state index in [0.717, 1.165) is 36.2 Å². The highest BCUT2D eigenvalue weighted by molar-refractivity contribution is 9.10. The topological polar surface area (TPSA) is 62.3 Å². The molecule has 0 aliphatic carbocycles. The highest BCUT2D eigenvalue weighted by Gasteiger charge is 2.23. The maximum Gasteiger partial charge on any atom is 0.211 e. The molecule has 1 fully saturated rings. The minimum absolute atomic E-state index is 0.0525. The second-order valence-electron chi connectivity index (χ2n) is 4.62. The van der Waals surface area contributed by atoms with Crippen molar-refractivity contribution in [1.82, 2.24) is 9.71 Å². The Labute approximate surface area is 122 Å². The lowest BCUT2D eigenvalue weighted by atomic mass is 10.1. The first-order chi connectivity index (χ1) is 9.00. The van der Waals surface area contributed by atoms with Crippen molar-refractivity contribution in [2.45, 2.75) is 25.8 Å². The standard InChI is InChI=1S/C12H18BrN3O2S/c1-2-19(17,18)15-11-5-7-16(8-6-11)12-4-3-10(13)9-14-12/h3-4,9,11,15H,2,5-8H2,1H3. The average Bonchev–Trinajstić information content (AvgIpc) is 2.40. The number of sulfonamides is 1. The zero-order valence-corrected chi connectivity index (χ0v) is 13.2.